The monoisotopic (exact) mass is 334 g/mol. The van der Waals surface area contributed by atoms with Gasteiger partial charge in [0.05, 0.1) is 0 Å². The van der Waals surface area contributed by atoms with E-state index in [2.05, 4.69) is 0 Å². The van der Waals surface area contributed by atoms with E-state index in [4.69, 9.17) is 0 Å². The van der Waals surface area contributed by atoms with Gasteiger partial charge in [0.15, 0.2) is 0 Å². The summed E-state index contributed by atoms with van der Waals surface area (Å²) < 4.78 is 37.2. The quantitative estimate of drug-likeness (QED) is 0.859. The van der Waals surface area contributed by atoms with Gasteiger partial charge in [0.2, 0.25) is 5.91 Å². The third-order valence-corrected chi connectivity index (χ3v) is 5.12. The molecule has 2 fully saturated rings. The minimum Gasteiger partial charge on any atom is -0.343 e. The zero-order chi connectivity index (χ0) is 17.0. The highest BCUT2D eigenvalue weighted by Crippen LogP contribution is 2.29. The van der Waals surface area contributed by atoms with Crippen molar-refractivity contribution >= 4 is 11.8 Å². The lowest BCUT2D eigenvalue weighted by Crippen LogP contribution is -2.57. The number of alkyl halides is 3. The van der Waals surface area contributed by atoms with Gasteiger partial charge in [-0.25, -0.2) is 0 Å². The minimum atomic E-state index is -4.88. The van der Waals surface area contributed by atoms with Crippen LogP contribution in [0, 0.1) is 5.92 Å². The van der Waals surface area contributed by atoms with Gasteiger partial charge in [0.1, 0.15) is 0 Å². The van der Waals surface area contributed by atoms with Gasteiger partial charge in [-0.15, -0.1) is 0 Å². The second-order valence-electron chi connectivity index (χ2n) is 6.74. The Kier molecular flexibility index (Phi) is 5.92. The molecule has 2 aliphatic rings. The number of nitrogens with zero attached hydrogens (tertiary/aromatic N) is 1. The highest BCUT2D eigenvalue weighted by atomic mass is 19.4. The summed E-state index contributed by atoms with van der Waals surface area (Å²) in [4.78, 5) is 25.1. The Balaban J connectivity index is 1.86. The molecule has 0 bridgehead atoms. The van der Waals surface area contributed by atoms with E-state index < -0.39 is 24.2 Å². The maximum atomic E-state index is 12.4. The molecule has 0 aromatic rings. The molecule has 0 radical (unpaired) electrons. The average Bonchev–Trinajstić information content (AvgIpc) is 2.99. The number of likely N-dealkylation sites (tertiary alicyclic amines) is 1. The highest BCUT2D eigenvalue weighted by molar-refractivity contribution is 5.82. The highest BCUT2D eigenvalue weighted by Gasteiger charge is 2.42. The van der Waals surface area contributed by atoms with Crippen molar-refractivity contribution in [1.29, 1.82) is 0 Å². The van der Waals surface area contributed by atoms with Crippen molar-refractivity contribution in [2.24, 2.45) is 5.92 Å². The van der Waals surface area contributed by atoms with Crippen LogP contribution in [0.25, 0.3) is 0 Å². The summed E-state index contributed by atoms with van der Waals surface area (Å²) in [5, 5.41) is 2.03. The summed E-state index contributed by atoms with van der Waals surface area (Å²) in [6.07, 6.45) is 2.32. The minimum absolute atomic E-state index is 0.00430. The predicted octanol–water partition coefficient (Wildman–Crippen LogP) is 3.01. The predicted molar refractivity (Wildman–Crippen MR) is 79.6 cm³/mol. The van der Waals surface area contributed by atoms with Crippen LogP contribution in [0.15, 0.2) is 0 Å². The maximum Gasteiger partial charge on any atom is 0.471 e. The first-order valence-electron chi connectivity index (χ1n) is 8.46. The third-order valence-electron chi connectivity index (χ3n) is 5.12. The van der Waals surface area contributed by atoms with E-state index in [1.807, 2.05) is 5.32 Å². The molecule has 2 amide bonds. The standard InChI is InChI=1S/C16H25F3N2O2/c1-11-13(20-15(23)16(17,18)19)7-4-10-21(11)14(22)9-8-12-5-2-3-6-12/h11-13H,2-10H2,1H3,(H,20,23)/t11-,13-/m1/s1. The zero-order valence-corrected chi connectivity index (χ0v) is 13.5. The van der Waals surface area contributed by atoms with Gasteiger partial charge in [0.25, 0.3) is 0 Å². The molecule has 1 saturated carbocycles. The molecule has 2 atom stereocenters. The Bertz CT molecular complexity index is 434. The number of carbonyl (C=O) groups excluding carboxylic acids is 2. The van der Waals surface area contributed by atoms with Gasteiger partial charge in [-0.05, 0) is 32.1 Å². The zero-order valence-electron chi connectivity index (χ0n) is 13.5. The lowest BCUT2D eigenvalue weighted by molar-refractivity contribution is -0.175. The summed E-state index contributed by atoms with van der Waals surface area (Å²) in [5.74, 6) is -1.32. The summed E-state index contributed by atoms with van der Waals surface area (Å²) in [7, 11) is 0. The first-order chi connectivity index (χ1) is 10.8. The largest absolute Gasteiger partial charge is 0.471 e. The molecule has 0 aromatic carbocycles. The molecule has 7 heteroatoms. The van der Waals surface area contributed by atoms with Gasteiger partial charge in [-0.2, -0.15) is 13.2 Å². The summed E-state index contributed by atoms with van der Waals surface area (Å²) in [5.41, 5.74) is 0. The fraction of sp³-hybridized carbons (Fsp3) is 0.875. The Labute approximate surface area is 134 Å². The third kappa shape index (κ3) is 4.85. The first kappa shape index (κ1) is 18.1. The topological polar surface area (TPSA) is 49.4 Å². The number of rotatable bonds is 4. The number of piperidine rings is 1. The van der Waals surface area contributed by atoms with Gasteiger partial charge in [-0.1, -0.05) is 25.7 Å². The number of halogens is 3. The number of amides is 2. The molecule has 23 heavy (non-hydrogen) atoms. The molecule has 1 N–H and O–H groups in total. The van der Waals surface area contributed by atoms with Gasteiger partial charge >= 0.3 is 12.1 Å². The van der Waals surface area contributed by atoms with E-state index in [1.54, 1.807) is 11.8 Å². The van der Waals surface area contributed by atoms with Gasteiger partial charge < -0.3 is 10.2 Å². The number of carbonyl (C=O) groups is 2. The van der Waals surface area contributed by atoms with E-state index in [1.165, 1.54) is 25.7 Å². The second-order valence-corrected chi connectivity index (χ2v) is 6.74. The van der Waals surface area contributed by atoms with Crippen molar-refractivity contribution in [2.45, 2.75) is 76.6 Å². The lowest BCUT2D eigenvalue weighted by atomic mass is 9.95. The van der Waals surface area contributed by atoms with Crippen LogP contribution in [0.5, 0.6) is 0 Å². The molecule has 1 aliphatic carbocycles. The fourth-order valence-electron chi connectivity index (χ4n) is 3.71. The summed E-state index contributed by atoms with van der Waals surface area (Å²) >= 11 is 0. The van der Waals surface area contributed by atoms with Gasteiger partial charge in [0, 0.05) is 25.0 Å². The Morgan fingerprint density at radius 2 is 1.78 bits per heavy atom. The Morgan fingerprint density at radius 3 is 2.39 bits per heavy atom. The van der Waals surface area contributed by atoms with Crippen LogP contribution < -0.4 is 5.32 Å². The number of hydrogen-bond acceptors (Lipinski definition) is 2. The van der Waals surface area contributed by atoms with E-state index in [-0.39, 0.29) is 5.91 Å². The van der Waals surface area contributed by atoms with Crippen molar-refractivity contribution in [3.05, 3.63) is 0 Å². The molecule has 4 nitrogen and oxygen atoms in total. The molecule has 132 valence electrons. The van der Waals surface area contributed by atoms with E-state index >= 15 is 0 Å². The molecule has 1 aliphatic heterocycles. The van der Waals surface area contributed by atoms with Crippen molar-refractivity contribution in [3.8, 4) is 0 Å². The van der Waals surface area contributed by atoms with Crippen LogP contribution in [-0.2, 0) is 9.59 Å². The van der Waals surface area contributed by atoms with Crippen LogP contribution in [-0.4, -0.2) is 41.5 Å². The lowest BCUT2D eigenvalue weighted by Gasteiger charge is -2.40. The average molecular weight is 334 g/mol. The second kappa shape index (κ2) is 7.53. The maximum absolute atomic E-state index is 12.4. The van der Waals surface area contributed by atoms with Crippen molar-refractivity contribution in [1.82, 2.24) is 10.2 Å². The smallest absolute Gasteiger partial charge is 0.343 e. The van der Waals surface area contributed by atoms with Crippen LogP contribution in [0.4, 0.5) is 13.2 Å². The summed E-state index contributed by atoms with van der Waals surface area (Å²) in [6.45, 7) is 2.27. The molecular formula is C16H25F3N2O2. The Hall–Kier alpha value is -1.27. The van der Waals surface area contributed by atoms with Crippen molar-refractivity contribution in [3.63, 3.8) is 0 Å². The van der Waals surface area contributed by atoms with Crippen molar-refractivity contribution in [2.75, 3.05) is 6.54 Å². The van der Waals surface area contributed by atoms with E-state index in [9.17, 15) is 22.8 Å². The molecular weight excluding hydrogens is 309 g/mol. The Morgan fingerprint density at radius 1 is 1.13 bits per heavy atom. The normalized spacial score (nSPS) is 26.3. The molecule has 1 saturated heterocycles. The first-order valence-corrected chi connectivity index (χ1v) is 8.46. The number of nitrogens with one attached hydrogen (secondary N) is 1. The fourth-order valence-corrected chi connectivity index (χ4v) is 3.71. The van der Waals surface area contributed by atoms with Crippen LogP contribution in [0.2, 0.25) is 0 Å². The van der Waals surface area contributed by atoms with Crippen LogP contribution in [0.1, 0.15) is 58.3 Å². The van der Waals surface area contributed by atoms with Crippen LogP contribution in [0.3, 0.4) is 0 Å². The molecule has 0 aromatic heterocycles. The van der Waals surface area contributed by atoms with E-state index in [0.29, 0.717) is 31.7 Å². The van der Waals surface area contributed by atoms with Crippen molar-refractivity contribution < 1.29 is 22.8 Å². The molecule has 1 heterocycles. The number of hydrogen-bond donors (Lipinski definition) is 1. The molecule has 0 spiro atoms. The SMILES string of the molecule is C[C@@H]1[C@H](NC(=O)C(F)(F)F)CCCN1C(=O)CCC1CCCC1. The molecule has 0 unspecified atom stereocenters. The van der Waals surface area contributed by atoms with Crippen LogP contribution >= 0.6 is 0 Å². The molecule has 2 rings (SSSR count). The van der Waals surface area contributed by atoms with Gasteiger partial charge in [-0.3, -0.25) is 9.59 Å². The van der Waals surface area contributed by atoms with E-state index in [0.717, 1.165) is 6.42 Å². The summed E-state index contributed by atoms with van der Waals surface area (Å²) in [6, 6.07) is -1.03.